The van der Waals surface area contributed by atoms with Crippen molar-refractivity contribution in [2.45, 2.75) is 11.4 Å². The van der Waals surface area contributed by atoms with E-state index in [0.717, 1.165) is 10.6 Å². The van der Waals surface area contributed by atoms with Crippen molar-refractivity contribution >= 4 is 46.8 Å². The van der Waals surface area contributed by atoms with Crippen molar-refractivity contribution in [1.82, 2.24) is 10.2 Å². The van der Waals surface area contributed by atoms with Gasteiger partial charge in [-0.3, -0.25) is 14.5 Å². The van der Waals surface area contributed by atoms with E-state index < -0.39 is 23.3 Å². The molecule has 2 aliphatic heterocycles. The number of carboxylic acid groups (broad SMARTS) is 1. The van der Waals surface area contributed by atoms with Crippen LogP contribution in [0.1, 0.15) is 0 Å². The maximum Gasteiger partial charge on any atom is 1.00 e. The number of nitrogens with zero attached hydrogens (tertiary/aromatic N) is 1. The number of β-lactam (4-membered cyclic amide) rings is 1. The van der Waals surface area contributed by atoms with E-state index in [1.807, 2.05) is 30.3 Å². The summed E-state index contributed by atoms with van der Waals surface area (Å²) in [6.45, 7) is 0.00905. The number of aliphatic carboxylic acids is 1. The van der Waals surface area contributed by atoms with E-state index in [2.05, 4.69) is 10.6 Å². The van der Waals surface area contributed by atoms with Gasteiger partial charge in [-0.1, -0.05) is 29.8 Å². The second-order valence-electron chi connectivity index (χ2n) is 5.22. The summed E-state index contributed by atoms with van der Waals surface area (Å²) in [5.41, 5.74) is 0.480. The molecule has 0 bridgehead atoms. The monoisotopic (exact) mass is 373 g/mol. The summed E-state index contributed by atoms with van der Waals surface area (Å²) in [5, 5.41) is 16.3. The minimum Gasteiger partial charge on any atom is -0.543 e. The van der Waals surface area contributed by atoms with Crippen LogP contribution in [0.4, 0.5) is 5.69 Å². The number of hydrogen-bond donors (Lipinski definition) is 2. The molecule has 126 valence electrons. The zero-order valence-electron chi connectivity index (χ0n) is 13.3. The van der Waals surface area contributed by atoms with E-state index in [4.69, 9.17) is 11.6 Å². The summed E-state index contributed by atoms with van der Waals surface area (Å²) in [5.74, 6) is -2.09. The Hall–Kier alpha value is -1.59. The first-order valence-electron chi connectivity index (χ1n) is 7.12. The average molecular weight is 374 g/mol. The van der Waals surface area contributed by atoms with Gasteiger partial charge in [0.1, 0.15) is 11.4 Å². The topological polar surface area (TPSA) is 102 Å². The fraction of sp³-hybridized carbons (Fsp3) is 0.267. The number of anilines is 1. The molecule has 1 unspecified atom stereocenters. The summed E-state index contributed by atoms with van der Waals surface area (Å²) < 4.78 is 0. The molecule has 1 aromatic rings. The minimum absolute atomic E-state index is 0. The molecule has 2 atom stereocenters. The number of thioether (sulfide) groups is 1. The standard InChI is InChI=1S/C15H14ClN3O4S.Li/c16-9-7-24-14-11(13(21)19(14)12(9)15(22)23)18-10(20)6-17-8-4-2-1-3-5-8;/h1-5,11,14,17H,6-7H2,(H,18,20)(H,22,23);/q;+1/p-1/t11?,14-;/m0./s1. The number of carboxylic acids is 1. The predicted octanol–water partition coefficient (Wildman–Crippen LogP) is -3.30. The molecule has 1 aromatic carbocycles. The van der Waals surface area contributed by atoms with Gasteiger partial charge in [-0.2, -0.15) is 0 Å². The van der Waals surface area contributed by atoms with Crippen molar-refractivity contribution in [2.24, 2.45) is 0 Å². The van der Waals surface area contributed by atoms with Crippen LogP contribution >= 0.6 is 23.4 Å². The Bertz CT molecular complexity index is 731. The third-order valence-corrected chi connectivity index (χ3v) is 5.41. The van der Waals surface area contributed by atoms with Crippen molar-refractivity contribution in [3.05, 3.63) is 41.1 Å². The molecule has 25 heavy (non-hydrogen) atoms. The van der Waals surface area contributed by atoms with Crippen LogP contribution in [0.2, 0.25) is 0 Å². The van der Waals surface area contributed by atoms with Crippen LogP contribution < -0.4 is 34.6 Å². The molecule has 1 saturated heterocycles. The van der Waals surface area contributed by atoms with Gasteiger partial charge in [0.25, 0.3) is 5.91 Å². The van der Waals surface area contributed by atoms with Gasteiger partial charge < -0.3 is 20.5 Å². The Balaban J connectivity index is 0.00000225. The van der Waals surface area contributed by atoms with E-state index in [1.54, 1.807) is 0 Å². The van der Waals surface area contributed by atoms with Gasteiger partial charge in [-0.25, -0.2) is 0 Å². The van der Waals surface area contributed by atoms with Crippen molar-refractivity contribution in [3.63, 3.8) is 0 Å². The van der Waals surface area contributed by atoms with Crippen LogP contribution in [0.3, 0.4) is 0 Å². The molecule has 3 rings (SSSR count). The van der Waals surface area contributed by atoms with Crippen molar-refractivity contribution < 1.29 is 38.4 Å². The first kappa shape index (κ1) is 19.7. The molecule has 0 radical (unpaired) electrons. The molecule has 0 aromatic heterocycles. The average Bonchev–Trinajstić information content (AvgIpc) is 2.58. The third-order valence-electron chi connectivity index (χ3n) is 3.66. The van der Waals surface area contributed by atoms with E-state index in [9.17, 15) is 19.5 Å². The number of carbonyl (C=O) groups is 3. The molecular formula is C15H13ClLiN3O4S. The Kier molecular flexibility index (Phi) is 6.46. The van der Waals surface area contributed by atoms with Gasteiger partial charge in [0, 0.05) is 11.4 Å². The minimum atomic E-state index is -1.49. The molecule has 0 spiro atoms. The number of benzene rings is 1. The van der Waals surface area contributed by atoms with Gasteiger partial charge in [-0.05, 0) is 12.1 Å². The molecule has 0 saturated carbocycles. The van der Waals surface area contributed by atoms with E-state index >= 15 is 0 Å². The molecule has 10 heteroatoms. The molecule has 2 aliphatic rings. The zero-order chi connectivity index (χ0) is 17.3. The van der Waals surface area contributed by atoms with Gasteiger partial charge in [-0.15, -0.1) is 11.8 Å². The number of rotatable bonds is 5. The molecule has 2 N–H and O–H groups in total. The van der Waals surface area contributed by atoms with E-state index in [0.29, 0.717) is 0 Å². The van der Waals surface area contributed by atoms with E-state index in [-0.39, 0.29) is 47.8 Å². The maximum absolute atomic E-state index is 12.2. The first-order chi connectivity index (χ1) is 11.5. The number of para-hydroxylation sites is 1. The number of carbonyl (C=O) groups excluding carboxylic acids is 3. The molecule has 7 nitrogen and oxygen atoms in total. The first-order valence-corrected chi connectivity index (χ1v) is 8.54. The van der Waals surface area contributed by atoms with Crippen LogP contribution in [0.15, 0.2) is 41.1 Å². The molecule has 1 fully saturated rings. The summed E-state index contributed by atoms with van der Waals surface area (Å²) in [6, 6.07) is 8.41. The van der Waals surface area contributed by atoms with Crippen molar-refractivity contribution in [3.8, 4) is 0 Å². The Morgan fingerprint density at radius 3 is 2.64 bits per heavy atom. The summed E-state index contributed by atoms with van der Waals surface area (Å²) in [7, 11) is 0. The number of halogens is 1. The van der Waals surface area contributed by atoms with Crippen LogP contribution in [-0.2, 0) is 14.4 Å². The van der Waals surface area contributed by atoms with Crippen LogP contribution in [0.25, 0.3) is 0 Å². The second-order valence-corrected chi connectivity index (χ2v) is 6.78. The Morgan fingerprint density at radius 1 is 1.32 bits per heavy atom. The third kappa shape index (κ3) is 3.98. The van der Waals surface area contributed by atoms with Crippen molar-refractivity contribution in [1.29, 1.82) is 0 Å². The fourth-order valence-corrected chi connectivity index (χ4v) is 4.08. The molecular weight excluding hydrogens is 361 g/mol. The molecule has 0 aliphatic carbocycles. The van der Waals surface area contributed by atoms with Gasteiger partial charge >= 0.3 is 18.9 Å². The fourth-order valence-electron chi connectivity index (χ4n) is 2.53. The predicted molar refractivity (Wildman–Crippen MR) is 87.8 cm³/mol. The van der Waals surface area contributed by atoms with Crippen LogP contribution in [0, 0.1) is 0 Å². The Morgan fingerprint density at radius 2 is 2.00 bits per heavy atom. The number of hydrogen-bond acceptors (Lipinski definition) is 6. The Labute approximate surface area is 165 Å². The summed E-state index contributed by atoms with van der Waals surface area (Å²) in [6.07, 6.45) is 0. The largest absolute Gasteiger partial charge is 1.00 e. The van der Waals surface area contributed by atoms with Crippen molar-refractivity contribution in [2.75, 3.05) is 17.6 Å². The van der Waals surface area contributed by atoms with Gasteiger partial charge in [0.2, 0.25) is 5.91 Å². The summed E-state index contributed by atoms with van der Waals surface area (Å²) >= 11 is 7.15. The van der Waals surface area contributed by atoms with Gasteiger partial charge in [0.05, 0.1) is 23.2 Å². The number of fused-ring (bicyclic) bond motifs is 1. The zero-order valence-corrected chi connectivity index (χ0v) is 14.9. The van der Waals surface area contributed by atoms with Crippen LogP contribution in [-0.4, -0.2) is 46.4 Å². The SMILES string of the molecule is O=C(CNc1ccccc1)NC1C(=O)N2C(C(=O)[O-])=C(Cl)CS[C@@H]12.[Li+]. The second kappa shape index (κ2) is 8.19. The van der Waals surface area contributed by atoms with E-state index in [1.165, 1.54) is 11.8 Å². The quantitative estimate of drug-likeness (QED) is 0.414. The number of amides is 2. The molecule has 2 amide bonds. The smallest absolute Gasteiger partial charge is 0.543 e. The van der Waals surface area contributed by atoms with Gasteiger partial charge in [0.15, 0.2) is 0 Å². The summed E-state index contributed by atoms with van der Waals surface area (Å²) in [4.78, 5) is 36.4. The normalized spacial score (nSPS) is 21.6. The number of nitrogens with one attached hydrogen (secondary N) is 2. The van der Waals surface area contributed by atoms with Crippen LogP contribution in [0.5, 0.6) is 0 Å². The maximum atomic E-state index is 12.2. The molecule has 2 heterocycles.